The first-order valence-electron chi connectivity index (χ1n) is 9.09. The zero-order valence-electron chi connectivity index (χ0n) is 16.6. The van der Waals surface area contributed by atoms with E-state index >= 15 is 0 Å². The normalized spacial score (nSPS) is 23.7. The van der Waals surface area contributed by atoms with Crippen LogP contribution in [-0.2, 0) is 15.4 Å². The largest absolute Gasteiger partial charge is 0.441 e. The molecular formula is C20H24N4O3S. The van der Waals surface area contributed by atoms with Crippen LogP contribution in [0.1, 0.15) is 37.9 Å². The molecule has 0 saturated carbocycles. The Morgan fingerprint density at radius 1 is 1.25 bits per heavy atom. The summed E-state index contributed by atoms with van der Waals surface area (Å²) in [6.45, 7) is 8.69. The Kier molecular flexibility index (Phi) is 3.81. The molecule has 0 aliphatic carbocycles. The number of oxazole rings is 1. The molecule has 0 aromatic carbocycles. The van der Waals surface area contributed by atoms with E-state index in [2.05, 4.69) is 10.3 Å². The van der Waals surface area contributed by atoms with Crippen LogP contribution < -0.4 is 5.32 Å². The summed E-state index contributed by atoms with van der Waals surface area (Å²) in [6.07, 6.45) is 3.86. The molecule has 0 amide bonds. The first-order chi connectivity index (χ1) is 12.9. The topological polar surface area (TPSA) is 100 Å². The number of nitrogens with zero attached hydrogens (tertiary/aromatic N) is 2. The third-order valence-electron chi connectivity index (χ3n) is 5.66. The number of aromatic nitrogens is 2. The standard InChI is InChI=1S/C20H24N4O3S/c1-12-17(27-13(2)22-12)14-8-16-9-15(6-7-24(16)10-14)20(5)11-28(25,26)19(3,4)18(21)23-20/h6-10H,11H2,1-5H3,(H2,21,23)/t20-/m0/s1. The fourth-order valence-corrected chi connectivity index (χ4v) is 5.43. The molecule has 4 rings (SSSR count). The van der Waals surface area contributed by atoms with Gasteiger partial charge in [0.05, 0.1) is 17.0 Å². The van der Waals surface area contributed by atoms with Gasteiger partial charge in [-0.25, -0.2) is 13.4 Å². The quantitative estimate of drug-likeness (QED) is 0.688. The van der Waals surface area contributed by atoms with Gasteiger partial charge in [-0.1, -0.05) is 0 Å². The van der Waals surface area contributed by atoms with E-state index in [1.54, 1.807) is 13.8 Å². The molecule has 148 valence electrons. The van der Waals surface area contributed by atoms with Crippen LogP contribution >= 0.6 is 0 Å². The highest BCUT2D eigenvalue weighted by molar-refractivity contribution is 7.93. The fraction of sp³-hybridized carbons (Fsp3) is 0.400. The molecule has 1 aliphatic rings. The number of hydrogen-bond acceptors (Lipinski definition) is 5. The lowest BCUT2D eigenvalue weighted by Crippen LogP contribution is -2.63. The van der Waals surface area contributed by atoms with Gasteiger partial charge in [-0.2, -0.15) is 0 Å². The van der Waals surface area contributed by atoms with Crippen molar-refractivity contribution >= 4 is 21.2 Å². The third-order valence-corrected chi connectivity index (χ3v) is 8.38. The van der Waals surface area contributed by atoms with Crippen LogP contribution in [0, 0.1) is 19.3 Å². The predicted octanol–water partition coefficient (Wildman–Crippen LogP) is 3.20. The van der Waals surface area contributed by atoms with Crippen molar-refractivity contribution in [2.75, 3.05) is 5.75 Å². The Balaban J connectivity index is 1.78. The van der Waals surface area contributed by atoms with Crippen LogP contribution in [-0.4, -0.2) is 34.1 Å². The van der Waals surface area contributed by atoms with Crippen molar-refractivity contribution in [1.29, 1.82) is 5.41 Å². The average Bonchev–Trinajstić information content (AvgIpc) is 3.14. The molecule has 0 unspecified atom stereocenters. The van der Waals surface area contributed by atoms with Crippen LogP contribution in [0.15, 0.2) is 35.0 Å². The molecule has 1 atom stereocenters. The minimum Gasteiger partial charge on any atom is -0.441 e. The number of pyridine rings is 1. The maximum Gasteiger partial charge on any atom is 0.192 e. The second-order valence-corrected chi connectivity index (χ2v) is 10.8. The highest BCUT2D eigenvalue weighted by Gasteiger charge is 2.50. The van der Waals surface area contributed by atoms with E-state index in [4.69, 9.17) is 9.83 Å². The first kappa shape index (κ1) is 18.7. The summed E-state index contributed by atoms with van der Waals surface area (Å²) in [7, 11) is -3.48. The average molecular weight is 401 g/mol. The zero-order chi connectivity index (χ0) is 20.5. The van der Waals surface area contributed by atoms with Crippen LogP contribution in [0.3, 0.4) is 0 Å². The molecule has 3 aromatic heterocycles. The van der Waals surface area contributed by atoms with E-state index in [0.717, 1.165) is 28.1 Å². The van der Waals surface area contributed by atoms with E-state index in [-0.39, 0.29) is 11.6 Å². The van der Waals surface area contributed by atoms with Gasteiger partial charge in [0.2, 0.25) is 0 Å². The fourth-order valence-electron chi connectivity index (χ4n) is 3.71. The third kappa shape index (κ3) is 2.66. The monoisotopic (exact) mass is 400 g/mol. The summed E-state index contributed by atoms with van der Waals surface area (Å²) >= 11 is 0. The molecule has 3 aromatic rings. The van der Waals surface area contributed by atoms with Gasteiger partial charge in [0.15, 0.2) is 21.5 Å². The minimum absolute atomic E-state index is 0.0185. The summed E-state index contributed by atoms with van der Waals surface area (Å²) < 4.78 is 32.1. The Morgan fingerprint density at radius 3 is 2.57 bits per heavy atom. The molecule has 2 N–H and O–H groups in total. The van der Waals surface area contributed by atoms with E-state index in [9.17, 15) is 8.42 Å². The van der Waals surface area contributed by atoms with Crippen molar-refractivity contribution in [2.24, 2.45) is 0 Å². The lowest BCUT2D eigenvalue weighted by molar-refractivity contribution is 0.442. The van der Waals surface area contributed by atoms with Gasteiger partial charge in [-0.15, -0.1) is 0 Å². The Hall–Kier alpha value is -2.61. The van der Waals surface area contributed by atoms with Crippen molar-refractivity contribution in [2.45, 2.75) is 44.9 Å². The number of sulfone groups is 1. The number of hydrogen-bond donors (Lipinski definition) is 2. The molecule has 1 fully saturated rings. The van der Waals surface area contributed by atoms with Crippen LogP contribution in [0.5, 0.6) is 0 Å². The molecule has 7 nitrogen and oxygen atoms in total. The zero-order valence-corrected chi connectivity index (χ0v) is 17.4. The van der Waals surface area contributed by atoms with Gasteiger partial charge < -0.3 is 14.1 Å². The van der Waals surface area contributed by atoms with Gasteiger partial charge in [0.1, 0.15) is 10.6 Å². The smallest absolute Gasteiger partial charge is 0.192 e. The summed E-state index contributed by atoms with van der Waals surface area (Å²) in [6, 6.07) is 5.84. The van der Waals surface area contributed by atoms with Crippen LogP contribution in [0.25, 0.3) is 16.8 Å². The molecular weight excluding hydrogens is 376 g/mol. The van der Waals surface area contributed by atoms with Crippen molar-refractivity contribution < 1.29 is 12.8 Å². The predicted molar refractivity (Wildman–Crippen MR) is 108 cm³/mol. The number of amidine groups is 1. The number of fused-ring (bicyclic) bond motifs is 1. The lowest BCUT2D eigenvalue weighted by Gasteiger charge is -2.43. The number of nitrogens with one attached hydrogen (secondary N) is 2. The van der Waals surface area contributed by atoms with Gasteiger partial charge >= 0.3 is 0 Å². The van der Waals surface area contributed by atoms with E-state index in [0.29, 0.717) is 5.89 Å². The van der Waals surface area contributed by atoms with E-state index < -0.39 is 20.1 Å². The highest BCUT2D eigenvalue weighted by Crippen LogP contribution is 2.35. The van der Waals surface area contributed by atoms with Gasteiger partial charge in [-0.3, -0.25) is 5.41 Å². The summed E-state index contributed by atoms with van der Waals surface area (Å²) in [5, 5.41) is 11.4. The molecule has 1 aliphatic heterocycles. The first-order valence-corrected chi connectivity index (χ1v) is 10.7. The number of aryl methyl sites for hydroxylation is 2. The Morgan fingerprint density at radius 2 is 1.96 bits per heavy atom. The van der Waals surface area contributed by atoms with Gasteiger partial charge in [0.25, 0.3) is 0 Å². The lowest BCUT2D eigenvalue weighted by atomic mass is 9.93. The summed E-state index contributed by atoms with van der Waals surface area (Å²) in [4.78, 5) is 4.32. The van der Waals surface area contributed by atoms with E-state index in [1.807, 2.05) is 55.8 Å². The SMILES string of the molecule is Cc1nc(C)c(-c2cc3cc([C@]4(C)CS(=O)(=O)C(C)(C)C(=N)N4)ccn3c2)o1. The molecule has 0 bridgehead atoms. The van der Waals surface area contributed by atoms with Crippen LogP contribution in [0.4, 0.5) is 0 Å². The van der Waals surface area contributed by atoms with Crippen molar-refractivity contribution in [1.82, 2.24) is 14.7 Å². The Labute approximate surface area is 164 Å². The minimum atomic E-state index is -3.48. The maximum atomic E-state index is 12.8. The van der Waals surface area contributed by atoms with Crippen molar-refractivity contribution in [3.63, 3.8) is 0 Å². The second-order valence-electron chi connectivity index (χ2n) is 8.23. The molecule has 1 saturated heterocycles. The molecule has 0 radical (unpaired) electrons. The molecule has 0 spiro atoms. The van der Waals surface area contributed by atoms with E-state index in [1.165, 1.54) is 0 Å². The highest BCUT2D eigenvalue weighted by atomic mass is 32.2. The van der Waals surface area contributed by atoms with Gasteiger partial charge in [0, 0.05) is 30.4 Å². The summed E-state index contributed by atoms with van der Waals surface area (Å²) in [5.41, 5.74) is 2.61. The number of rotatable bonds is 2. The van der Waals surface area contributed by atoms with Gasteiger partial charge in [-0.05, 0) is 51.5 Å². The molecule has 28 heavy (non-hydrogen) atoms. The van der Waals surface area contributed by atoms with Crippen molar-refractivity contribution in [3.8, 4) is 11.3 Å². The second kappa shape index (κ2) is 5.70. The Bertz CT molecular complexity index is 1220. The maximum absolute atomic E-state index is 12.8. The van der Waals surface area contributed by atoms with Crippen LogP contribution in [0.2, 0.25) is 0 Å². The summed E-state index contributed by atoms with van der Waals surface area (Å²) in [5.74, 6) is 1.30. The van der Waals surface area contributed by atoms with Crippen molar-refractivity contribution in [3.05, 3.63) is 47.7 Å². The molecule has 4 heterocycles. The molecule has 8 heteroatoms.